The van der Waals surface area contributed by atoms with Crippen molar-refractivity contribution in [1.82, 2.24) is 4.90 Å². The van der Waals surface area contributed by atoms with Crippen LogP contribution in [0.15, 0.2) is 0 Å². The van der Waals surface area contributed by atoms with Crippen molar-refractivity contribution in [2.75, 3.05) is 46.6 Å². The van der Waals surface area contributed by atoms with Crippen LogP contribution in [-0.2, 0) is 4.74 Å². The minimum Gasteiger partial charge on any atom is -0.396 e. The van der Waals surface area contributed by atoms with Gasteiger partial charge < -0.3 is 14.9 Å². The number of rotatable bonds is 8. The molecule has 0 aliphatic rings. The first kappa shape index (κ1) is 12.8. The second-order valence-electron chi connectivity index (χ2n) is 3.30. The fourth-order valence-electron chi connectivity index (χ4n) is 1.15. The molecular formula is C9H21NO3. The van der Waals surface area contributed by atoms with Gasteiger partial charge in [-0.25, -0.2) is 0 Å². The lowest BCUT2D eigenvalue weighted by atomic mass is 10.2. The van der Waals surface area contributed by atoms with Crippen molar-refractivity contribution in [3.63, 3.8) is 0 Å². The average Bonchev–Trinajstić information content (AvgIpc) is 2.14. The quantitative estimate of drug-likeness (QED) is 0.546. The Hall–Kier alpha value is -0.160. The number of aliphatic hydroxyl groups is 2. The Kier molecular flexibility index (Phi) is 8.33. The first-order valence-electron chi connectivity index (χ1n) is 4.67. The molecule has 0 aliphatic carbocycles. The van der Waals surface area contributed by atoms with Crippen LogP contribution in [0.5, 0.6) is 0 Å². The highest BCUT2D eigenvalue weighted by Crippen LogP contribution is 1.98. The molecule has 0 amide bonds. The summed E-state index contributed by atoms with van der Waals surface area (Å²) in [6.07, 6.45) is 0. The highest BCUT2D eigenvalue weighted by atomic mass is 16.5. The highest BCUT2D eigenvalue weighted by Gasteiger charge is 2.08. The fraction of sp³-hybridized carbons (Fsp3) is 1.00. The predicted octanol–water partition coefficient (Wildman–Crippen LogP) is -0.444. The van der Waals surface area contributed by atoms with E-state index >= 15 is 0 Å². The van der Waals surface area contributed by atoms with Gasteiger partial charge >= 0.3 is 0 Å². The Labute approximate surface area is 80.1 Å². The molecule has 0 bridgehead atoms. The van der Waals surface area contributed by atoms with Gasteiger partial charge in [-0.2, -0.15) is 0 Å². The van der Waals surface area contributed by atoms with Crippen molar-refractivity contribution >= 4 is 0 Å². The van der Waals surface area contributed by atoms with Crippen LogP contribution >= 0.6 is 0 Å². The molecule has 0 saturated heterocycles. The van der Waals surface area contributed by atoms with Gasteiger partial charge in [-0.3, -0.25) is 4.90 Å². The van der Waals surface area contributed by atoms with E-state index in [1.165, 1.54) is 0 Å². The zero-order valence-corrected chi connectivity index (χ0v) is 8.57. The number of hydrogen-bond acceptors (Lipinski definition) is 4. The number of nitrogens with zero attached hydrogens (tertiary/aromatic N) is 1. The molecule has 0 spiro atoms. The van der Waals surface area contributed by atoms with E-state index in [2.05, 4.69) is 4.90 Å². The Morgan fingerprint density at radius 3 is 2.46 bits per heavy atom. The van der Waals surface area contributed by atoms with Gasteiger partial charge in [-0.1, -0.05) is 6.92 Å². The largest absolute Gasteiger partial charge is 0.396 e. The van der Waals surface area contributed by atoms with Crippen LogP contribution in [0.3, 0.4) is 0 Å². The van der Waals surface area contributed by atoms with E-state index in [1.807, 2.05) is 6.92 Å². The summed E-state index contributed by atoms with van der Waals surface area (Å²) < 4.78 is 4.95. The Bertz CT molecular complexity index is 111. The second kappa shape index (κ2) is 8.44. The Morgan fingerprint density at radius 1 is 1.31 bits per heavy atom. The summed E-state index contributed by atoms with van der Waals surface area (Å²) in [5, 5.41) is 17.6. The van der Waals surface area contributed by atoms with Crippen LogP contribution < -0.4 is 0 Å². The Balaban J connectivity index is 3.65. The van der Waals surface area contributed by atoms with Crippen molar-refractivity contribution in [1.29, 1.82) is 0 Å². The maximum Gasteiger partial charge on any atom is 0.0589 e. The zero-order valence-electron chi connectivity index (χ0n) is 8.57. The van der Waals surface area contributed by atoms with Gasteiger partial charge in [0.05, 0.1) is 13.2 Å². The molecule has 1 atom stereocenters. The third-order valence-electron chi connectivity index (χ3n) is 1.91. The SMILES string of the molecule is COCCN(CCO)CC(C)CO. The minimum atomic E-state index is 0.155. The molecule has 4 nitrogen and oxygen atoms in total. The van der Waals surface area contributed by atoms with Crippen LogP contribution in [-0.4, -0.2) is 61.7 Å². The predicted molar refractivity (Wildman–Crippen MR) is 51.7 cm³/mol. The lowest BCUT2D eigenvalue weighted by molar-refractivity contribution is 0.108. The van der Waals surface area contributed by atoms with Crippen LogP contribution in [0.4, 0.5) is 0 Å². The summed E-state index contributed by atoms with van der Waals surface area (Å²) in [6, 6.07) is 0. The van der Waals surface area contributed by atoms with Crippen LogP contribution in [0, 0.1) is 5.92 Å². The number of ether oxygens (including phenoxy) is 1. The van der Waals surface area contributed by atoms with E-state index in [9.17, 15) is 0 Å². The molecule has 80 valence electrons. The smallest absolute Gasteiger partial charge is 0.0589 e. The fourth-order valence-corrected chi connectivity index (χ4v) is 1.15. The normalized spacial score (nSPS) is 13.6. The first-order chi connectivity index (χ1) is 6.24. The van der Waals surface area contributed by atoms with Crippen molar-refractivity contribution < 1.29 is 14.9 Å². The summed E-state index contributed by atoms with van der Waals surface area (Å²) in [7, 11) is 1.66. The van der Waals surface area contributed by atoms with Gasteiger partial charge in [0, 0.05) is 33.4 Å². The Morgan fingerprint density at radius 2 is 2.00 bits per heavy atom. The molecule has 0 aliphatic heterocycles. The van der Waals surface area contributed by atoms with E-state index < -0.39 is 0 Å². The summed E-state index contributed by atoms with van der Waals surface area (Å²) in [5.41, 5.74) is 0. The molecule has 2 N–H and O–H groups in total. The molecule has 0 saturated carbocycles. The molecule has 4 heteroatoms. The summed E-state index contributed by atoms with van der Waals surface area (Å²) in [4.78, 5) is 2.09. The second-order valence-corrected chi connectivity index (χ2v) is 3.30. The summed E-state index contributed by atoms with van der Waals surface area (Å²) in [5.74, 6) is 0.253. The number of aliphatic hydroxyl groups excluding tert-OH is 2. The molecule has 0 heterocycles. The van der Waals surface area contributed by atoms with Crippen LogP contribution in [0.2, 0.25) is 0 Å². The van der Waals surface area contributed by atoms with Gasteiger partial charge in [0.25, 0.3) is 0 Å². The van der Waals surface area contributed by atoms with Crippen molar-refractivity contribution in [2.24, 2.45) is 5.92 Å². The number of methoxy groups -OCH3 is 1. The van der Waals surface area contributed by atoms with E-state index in [4.69, 9.17) is 14.9 Å². The standard InChI is InChI=1S/C9H21NO3/c1-9(8-12)7-10(3-5-11)4-6-13-2/h9,11-12H,3-8H2,1-2H3. The third kappa shape index (κ3) is 6.95. The molecule has 0 fully saturated rings. The molecular weight excluding hydrogens is 170 g/mol. The van der Waals surface area contributed by atoms with Crippen molar-refractivity contribution in [3.05, 3.63) is 0 Å². The van der Waals surface area contributed by atoms with E-state index in [-0.39, 0.29) is 19.1 Å². The van der Waals surface area contributed by atoms with Crippen molar-refractivity contribution in [3.8, 4) is 0 Å². The first-order valence-corrected chi connectivity index (χ1v) is 4.67. The molecule has 0 aromatic heterocycles. The monoisotopic (exact) mass is 191 g/mol. The van der Waals surface area contributed by atoms with E-state index in [1.54, 1.807) is 7.11 Å². The van der Waals surface area contributed by atoms with Crippen molar-refractivity contribution in [2.45, 2.75) is 6.92 Å². The molecule has 0 aromatic rings. The third-order valence-corrected chi connectivity index (χ3v) is 1.91. The van der Waals surface area contributed by atoms with Gasteiger partial charge in [0.15, 0.2) is 0 Å². The van der Waals surface area contributed by atoms with Gasteiger partial charge in [0.1, 0.15) is 0 Å². The maximum atomic E-state index is 8.86. The van der Waals surface area contributed by atoms with E-state index in [0.29, 0.717) is 13.2 Å². The zero-order chi connectivity index (χ0) is 10.1. The van der Waals surface area contributed by atoms with Gasteiger partial charge in [-0.05, 0) is 5.92 Å². The number of hydrogen-bond donors (Lipinski definition) is 2. The highest BCUT2D eigenvalue weighted by molar-refractivity contribution is 4.61. The molecule has 0 radical (unpaired) electrons. The molecule has 1 unspecified atom stereocenters. The van der Waals surface area contributed by atoms with E-state index in [0.717, 1.165) is 13.1 Å². The maximum absolute atomic E-state index is 8.86. The summed E-state index contributed by atoms with van der Waals surface area (Å²) in [6.45, 7) is 5.25. The average molecular weight is 191 g/mol. The topological polar surface area (TPSA) is 52.9 Å². The lowest BCUT2D eigenvalue weighted by Crippen LogP contribution is -2.34. The summed E-state index contributed by atoms with van der Waals surface area (Å²) >= 11 is 0. The minimum absolute atomic E-state index is 0.155. The molecule has 13 heavy (non-hydrogen) atoms. The van der Waals surface area contributed by atoms with Crippen LogP contribution in [0.25, 0.3) is 0 Å². The van der Waals surface area contributed by atoms with Gasteiger partial charge in [-0.15, -0.1) is 0 Å². The molecule has 0 rings (SSSR count). The molecule has 0 aromatic carbocycles. The van der Waals surface area contributed by atoms with Gasteiger partial charge in [0.2, 0.25) is 0 Å². The van der Waals surface area contributed by atoms with Crippen LogP contribution in [0.1, 0.15) is 6.92 Å². The lowest BCUT2D eigenvalue weighted by Gasteiger charge is -2.23.